The summed E-state index contributed by atoms with van der Waals surface area (Å²) in [4.78, 5) is 24.8. The van der Waals surface area contributed by atoms with Crippen molar-refractivity contribution in [1.29, 1.82) is 0 Å². The summed E-state index contributed by atoms with van der Waals surface area (Å²) in [5.74, 6) is -1.13. The first-order valence-corrected chi connectivity index (χ1v) is 9.25. The molecule has 0 spiro atoms. The second-order valence-electron chi connectivity index (χ2n) is 6.48. The Hall–Kier alpha value is -3.81. The number of hydrogen-bond acceptors (Lipinski definition) is 4. The minimum Gasteiger partial charge on any atom is -0.481 e. The normalized spacial score (nSPS) is 11.6. The van der Waals surface area contributed by atoms with Gasteiger partial charge >= 0.3 is 6.61 Å². The van der Waals surface area contributed by atoms with Crippen LogP contribution in [0.1, 0.15) is 22.8 Å². The summed E-state index contributed by atoms with van der Waals surface area (Å²) in [6, 6.07) is 17.1. The molecule has 0 aliphatic carbocycles. The highest BCUT2D eigenvalue weighted by molar-refractivity contribution is 6.09. The van der Waals surface area contributed by atoms with Gasteiger partial charge in [-0.2, -0.15) is 8.78 Å². The third-order valence-corrected chi connectivity index (χ3v) is 4.27. The summed E-state index contributed by atoms with van der Waals surface area (Å²) < 4.78 is 47.9. The zero-order chi connectivity index (χ0) is 22.4. The van der Waals surface area contributed by atoms with E-state index in [0.717, 1.165) is 0 Å². The summed E-state index contributed by atoms with van der Waals surface area (Å²) >= 11 is 0. The number of ether oxygens (including phenoxy) is 2. The number of hydrogen-bond donors (Lipinski definition) is 1. The van der Waals surface area contributed by atoms with E-state index >= 15 is 0 Å². The molecular weight excluding hydrogens is 411 g/mol. The van der Waals surface area contributed by atoms with Gasteiger partial charge in [0.15, 0.2) is 11.9 Å². The number of benzene rings is 3. The molecule has 1 amide bonds. The standard InChI is InChI=1S/C23H18F3NO4/c1-14(22(29)27-19-4-2-3-5-20(19)31-23(25)26)30-18-12-8-16(9-13-18)21(28)15-6-10-17(24)11-7-15/h2-14,23H,1H3,(H,27,29). The van der Waals surface area contributed by atoms with E-state index < -0.39 is 24.4 Å². The zero-order valence-electron chi connectivity index (χ0n) is 16.3. The van der Waals surface area contributed by atoms with E-state index in [1.807, 2.05) is 0 Å². The van der Waals surface area contributed by atoms with Gasteiger partial charge in [-0.3, -0.25) is 9.59 Å². The van der Waals surface area contributed by atoms with Crippen molar-refractivity contribution >= 4 is 17.4 Å². The molecule has 1 unspecified atom stereocenters. The maximum Gasteiger partial charge on any atom is 0.387 e. The Morgan fingerprint density at radius 3 is 2.03 bits per heavy atom. The first-order valence-electron chi connectivity index (χ1n) is 9.25. The summed E-state index contributed by atoms with van der Waals surface area (Å²) in [7, 11) is 0. The number of rotatable bonds is 8. The molecule has 1 N–H and O–H groups in total. The van der Waals surface area contributed by atoms with Gasteiger partial charge < -0.3 is 14.8 Å². The molecule has 5 nitrogen and oxygen atoms in total. The van der Waals surface area contributed by atoms with Crippen LogP contribution in [0.5, 0.6) is 11.5 Å². The number of nitrogens with one attached hydrogen (secondary N) is 1. The molecular formula is C23H18F3NO4. The number of carbonyl (C=O) groups is 2. The molecule has 3 aromatic rings. The summed E-state index contributed by atoms with van der Waals surface area (Å²) in [5.41, 5.74) is 0.796. The van der Waals surface area contributed by atoms with Crippen LogP contribution in [0.2, 0.25) is 0 Å². The van der Waals surface area contributed by atoms with E-state index in [4.69, 9.17) is 4.74 Å². The van der Waals surface area contributed by atoms with Gasteiger partial charge in [0.1, 0.15) is 17.3 Å². The Morgan fingerprint density at radius 1 is 0.839 bits per heavy atom. The van der Waals surface area contributed by atoms with Gasteiger partial charge in [-0.15, -0.1) is 0 Å². The predicted molar refractivity (Wildman–Crippen MR) is 108 cm³/mol. The van der Waals surface area contributed by atoms with Gasteiger partial charge in [-0.1, -0.05) is 12.1 Å². The van der Waals surface area contributed by atoms with Crippen LogP contribution in [0.25, 0.3) is 0 Å². The van der Waals surface area contributed by atoms with Gasteiger partial charge in [0.05, 0.1) is 5.69 Å². The molecule has 31 heavy (non-hydrogen) atoms. The zero-order valence-corrected chi connectivity index (χ0v) is 16.3. The molecule has 0 radical (unpaired) electrons. The lowest BCUT2D eigenvalue weighted by atomic mass is 10.0. The van der Waals surface area contributed by atoms with Gasteiger partial charge in [-0.05, 0) is 67.6 Å². The molecule has 0 aliphatic heterocycles. The molecule has 0 saturated heterocycles. The van der Waals surface area contributed by atoms with Crippen molar-refractivity contribution < 1.29 is 32.2 Å². The molecule has 1 atom stereocenters. The Balaban J connectivity index is 1.63. The maximum atomic E-state index is 13.0. The van der Waals surface area contributed by atoms with Crippen molar-refractivity contribution in [2.24, 2.45) is 0 Å². The fourth-order valence-electron chi connectivity index (χ4n) is 2.71. The number of amides is 1. The molecule has 8 heteroatoms. The van der Waals surface area contributed by atoms with Crippen LogP contribution in [-0.4, -0.2) is 24.4 Å². The highest BCUT2D eigenvalue weighted by Crippen LogP contribution is 2.26. The van der Waals surface area contributed by atoms with Crippen LogP contribution in [-0.2, 0) is 4.79 Å². The monoisotopic (exact) mass is 429 g/mol. The van der Waals surface area contributed by atoms with Gasteiger partial charge in [0.2, 0.25) is 0 Å². The highest BCUT2D eigenvalue weighted by Gasteiger charge is 2.18. The average Bonchev–Trinajstić information content (AvgIpc) is 2.75. The lowest BCUT2D eigenvalue weighted by Gasteiger charge is -2.16. The first-order chi connectivity index (χ1) is 14.8. The topological polar surface area (TPSA) is 64.6 Å². The van der Waals surface area contributed by atoms with Crippen molar-refractivity contribution in [3.63, 3.8) is 0 Å². The number of alkyl halides is 2. The smallest absolute Gasteiger partial charge is 0.387 e. The number of carbonyl (C=O) groups excluding carboxylic acids is 2. The molecule has 0 aliphatic rings. The Kier molecular flexibility index (Phi) is 6.92. The molecule has 3 aromatic carbocycles. The van der Waals surface area contributed by atoms with E-state index in [1.165, 1.54) is 73.7 Å². The van der Waals surface area contributed by atoms with E-state index in [1.54, 1.807) is 6.07 Å². The van der Waals surface area contributed by atoms with Gasteiger partial charge in [0, 0.05) is 11.1 Å². The average molecular weight is 429 g/mol. The molecule has 0 saturated carbocycles. The highest BCUT2D eigenvalue weighted by atomic mass is 19.3. The minimum absolute atomic E-state index is 0.0866. The van der Waals surface area contributed by atoms with Crippen molar-refractivity contribution in [1.82, 2.24) is 0 Å². The summed E-state index contributed by atoms with van der Waals surface area (Å²) in [6.07, 6.45) is -0.960. The van der Waals surface area contributed by atoms with Gasteiger partial charge in [0.25, 0.3) is 5.91 Å². The molecule has 0 bridgehead atoms. The quantitative estimate of drug-likeness (QED) is 0.508. The Bertz CT molecular complexity index is 1050. The number of halogens is 3. The van der Waals surface area contributed by atoms with Crippen LogP contribution >= 0.6 is 0 Å². The van der Waals surface area contributed by atoms with Crippen LogP contribution in [0, 0.1) is 5.82 Å². The molecule has 3 rings (SSSR count). The maximum absolute atomic E-state index is 13.0. The van der Waals surface area contributed by atoms with E-state index in [2.05, 4.69) is 10.1 Å². The van der Waals surface area contributed by atoms with Crippen LogP contribution in [0.4, 0.5) is 18.9 Å². The van der Waals surface area contributed by atoms with E-state index in [0.29, 0.717) is 16.9 Å². The lowest BCUT2D eigenvalue weighted by Crippen LogP contribution is -2.30. The van der Waals surface area contributed by atoms with Crippen molar-refractivity contribution in [2.45, 2.75) is 19.6 Å². The summed E-state index contributed by atoms with van der Waals surface area (Å²) in [5, 5.41) is 2.48. The third kappa shape index (κ3) is 5.85. The fraction of sp³-hybridized carbons (Fsp3) is 0.130. The molecule has 0 heterocycles. The predicted octanol–water partition coefficient (Wildman–Crippen LogP) is 5.06. The largest absolute Gasteiger partial charge is 0.481 e. The van der Waals surface area contributed by atoms with Crippen LogP contribution in [0.15, 0.2) is 72.8 Å². The number of anilines is 1. The minimum atomic E-state index is -3.03. The van der Waals surface area contributed by atoms with E-state index in [9.17, 15) is 22.8 Å². The third-order valence-electron chi connectivity index (χ3n) is 4.27. The van der Waals surface area contributed by atoms with Crippen molar-refractivity contribution in [3.8, 4) is 11.5 Å². The number of ketones is 1. The Labute approximate surface area is 176 Å². The van der Waals surface area contributed by atoms with Gasteiger partial charge in [-0.25, -0.2) is 4.39 Å². The van der Waals surface area contributed by atoms with Crippen molar-refractivity contribution in [3.05, 3.63) is 89.7 Å². The number of para-hydroxylation sites is 2. The Morgan fingerprint density at radius 2 is 1.42 bits per heavy atom. The van der Waals surface area contributed by atoms with E-state index in [-0.39, 0.29) is 17.2 Å². The molecule has 0 aromatic heterocycles. The van der Waals surface area contributed by atoms with Crippen LogP contribution < -0.4 is 14.8 Å². The SMILES string of the molecule is CC(Oc1ccc(C(=O)c2ccc(F)cc2)cc1)C(=O)Nc1ccccc1OC(F)F. The molecule has 0 fully saturated rings. The lowest BCUT2D eigenvalue weighted by molar-refractivity contribution is -0.122. The second-order valence-corrected chi connectivity index (χ2v) is 6.48. The first kappa shape index (κ1) is 21.9. The molecule has 160 valence electrons. The van der Waals surface area contributed by atoms with Crippen molar-refractivity contribution in [2.75, 3.05) is 5.32 Å². The van der Waals surface area contributed by atoms with Crippen LogP contribution in [0.3, 0.4) is 0 Å². The summed E-state index contributed by atoms with van der Waals surface area (Å²) in [6.45, 7) is -1.54. The fourth-order valence-corrected chi connectivity index (χ4v) is 2.71. The second kappa shape index (κ2) is 9.80.